The second kappa shape index (κ2) is 14.3. The molecule has 0 aromatic heterocycles. The Morgan fingerprint density at radius 2 is 1.48 bits per heavy atom. The molecule has 4 heteroatoms. The lowest BCUT2D eigenvalue weighted by Gasteiger charge is -2.11. The van der Waals surface area contributed by atoms with Gasteiger partial charge < -0.3 is 14.6 Å². The second-order valence-electron chi connectivity index (χ2n) is 7.74. The van der Waals surface area contributed by atoms with Crippen LogP contribution < -0.4 is 9.47 Å². The van der Waals surface area contributed by atoms with E-state index in [1.165, 1.54) is 37.8 Å². The van der Waals surface area contributed by atoms with Gasteiger partial charge in [-0.1, -0.05) is 76.6 Å². The number of benzene rings is 2. The maximum Gasteiger partial charge on any atom is 0.193 e. The average Bonchev–Trinajstić information content (AvgIpc) is 2.78. The Labute approximate surface area is 186 Å². The van der Waals surface area contributed by atoms with Gasteiger partial charge in [0.05, 0.1) is 13.2 Å². The minimum Gasteiger partial charge on any atom is -0.507 e. The van der Waals surface area contributed by atoms with Crippen LogP contribution in [0.1, 0.15) is 81.1 Å². The Kier molecular flexibility index (Phi) is 11.3. The molecule has 2 aromatic rings. The van der Waals surface area contributed by atoms with Crippen LogP contribution in [0.3, 0.4) is 0 Å². The van der Waals surface area contributed by atoms with Crippen LogP contribution >= 0.6 is 0 Å². The molecule has 0 saturated heterocycles. The molecule has 2 rings (SSSR count). The summed E-state index contributed by atoms with van der Waals surface area (Å²) < 4.78 is 11.5. The molecule has 0 unspecified atom stereocenters. The van der Waals surface area contributed by atoms with Crippen LogP contribution in [0.15, 0.2) is 48.5 Å². The van der Waals surface area contributed by atoms with Crippen molar-refractivity contribution in [2.75, 3.05) is 13.2 Å². The summed E-state index contributed by atoms with van der Waals surface area (Å²) in [6.45, 7) is 5.61. The van der Waals surface area contributed by atoms with Crippen molar-refractivity contribution in [1.82, 2.24) is 0 Å². The van der Waals surface area contributed by atoms with Gasteiger partial charge in [0.15, 0.2) is 5.78 Å². The standard InChI is InChI=1S/C27H36O4/c1-3-5-7-9-20-30-23-17-14-22(15-18-23)16-19-25(29)27-24(28)12-11-13-26(27)31-21-10-8-6-4-2/h11-19,28H,3-10,20-21H2,1-2H3/b19-16+. The van der Waals surface area contributed by atoms with Gasteiger partial charge in [0.2, 0.25) is 0 Å². The molecule has 0 bridgehead atoms. The van der Waals surface area contributed by atoms with Crippen molar-refractivity contribution in [3.63, 3.8) is 0 Å². The summed E-state index contributed by atoms with van der Waals surface area (Å²) in [7, 11) is 0. The number of ether oxygens (including phenoxy) is 2. The number of carbonyl (C=O) groups excluding carboxylic acids is 1. The molecule has 168 valence electrons. The lowest BCUT2D eigenvalue weighted by Crippen LogP contribution is -2.04. The summed E-state index contributed by atoms with van der Waals surface area (Å²) in [4.78, 5) is 12.7. The number of carbonyl (C=O) groups is 1. The fraction of sp³-hybridized carbons (Fsp3) is 0.444. The van der Waals surface area contributed by atoms with E-state index >= 15 is 0 Å². The molecule has 0 atom stereocenters. The molecular formula is C27H36O4. The summed E-state index contributed by atoms with van der Waals surface area (Å²) >= 11 is 0. The number of hydrogen-bond donors (Lipinski definition) is 1. The highest BCUT2D eigenvalue weighted by Crippen LogP contribution is 2.29. The lowest BCUT2D eigenvalue weighted by atomic mass is 10.1. The van der Waals surface area contributed by atoms with Gasteiger partial charge in [0.1, 0.15) is 22.8 Å². The minimum absolute atomic E-state index is 0.0625. The topological polar surface area (TPSA) is 55.8 Å². The number of unbranched alkanes of at least 4 members (excludes halogenated alkanes) is 6. The number of hydrogen-bond acceptors (Lipinski definition) is 4. The van der Waals surface area contributed by atoms with E-state index in [2.05, 4.69) is 13.8 Å². The smallest absolute Gasteiger partial charge is 0.193 e. The molecule has 0 aliphatic rings. The third-order valence-corrected chi connectivity index (χ3v) is 5.08. The van der Waals surface area contributed by atoms with E-state index < -0.39 is 0 Å². The number of phenols is 1. The SMILES string of the molecule is CCCCCCOc1ccc(/C=C/C(=O)c2c(O)cccc2OCCCCCC)cc1. The molecular weight excluding hydrogens is 388 g/mol. The van der Waals surface area contributed by atoms with Gasteiger partial charge in [-0.3, -0.25) is 4.79 Å². The molecule has 0 saturated carbocycles. The predicted octanol–water partition coefficient (Wildman–Crippen LogP) is 7.21. The maximum absolute atomic E-state index is 12.7. The number of allylic oxidation sites excluding steroid dienone is 1. The van der Waals surface area contributed by atoms with Crippen molar-refractivity contribution in [2.45, 2.75) is 65.2 Å². The molecule has 1 N–H and O–H groups in total. The van der Waals surface area contributed by atoms with Crippen molar-refractivity contribution in [2.24, 2.45) is 0 Å². The van der Waals surface area contributed by atoms with Crippen LogP contribution in [0.4, 0.5) is 0 Å². The van der Waals surface area contributed by atoms with Crippen LogP contribution in [0.2, 0.25) is 0 Å². The molecule has 0 spiro atoms. The minimum atomic E-state index is -0.280. The Balaban J connectivity index is 1.93. The fourth-order valence-electron chi connectivity index (χ4n) is 3.25. The fourth-order valence-corrected chi connectivity index (χ4v) is 3.25. The Bertz CT molecular complexity index is 808. The summed E-state index contributed by atoms with van der Waals surface area (Å²) in [5, 5.41) is 10.2. The van der Waals surface area contributed by atoms with E-state index in [4.69, 9.17) is 9.47 Å². The molecule has 31 heavy (non-hydrogen) atoms. The van der Waals surface area contributed by atoms with Gasteiger partial charge in [-0.05, 0) is 48.7 Å². The molecule has 2 aromatic carbocycles. The third-order valence-electron chi connectivity index (χ3n) is 5.08. The van der Waals surface area contributed by atoms with Crippen LogP contribution in [-0.4, -0.2) is 24.1 Å². The van der Waals surface area contributed by atoms with Crippen molar-refractivity contribution in [3.05, 3.63) is 59.7 Å². The summed E-state index contributed by atoms with van der Waals surface area (Å²) in [5.41, 5.74) is 1.10. The largest absolute Gasteiger partial charge is 0.507 e. The van der Waals surface area contributed by atoms with Crippen LogP contribution in [-0.2, 0) is 0 Å². The van der Waals surface area contributed by atoms with Gasteiger partial charge >= 0.3 is 0 Å². The highest BCUT2D eigenvalue weighted by Gasteiger charge is 2.15. The monoisotopic (exact) mass is 424 g/mol. The summed E-state index contributed by atoms with van der Waals surface area (Å²) in [6, 6.07) is 12.6. The summed E-state index contributed by atoms with van der Waals surface area (Å²) in [5.74, 6) is 0.919. The average molecular weight is 425 g/mol. The number of phenolic OH excluding ortho intramolecular Hbond substituents is 1. The molecule has 0 aliphatic carbocycles. The van der Waals surface area contributed by atoms with Crippen LogP contribution in [0.25, 0.3) is 6.08 Å². The normalized spacial score (nSPS) is 11.0. The highest BCUT2D eigenvalue weighted by atomic mass is 16.5. The number of aromatic hydroxyl groups is 1. The first-order valence-electron chi connectivity index (χ1n) is 11.6. The first kappa shape index (κ1) is 24.5. The van der Waals surface area contributed by atoms with E-state index in [0.29, 0.717) is 12.4 Å². The molecule has 0 aliphatic heterocycles. The zero-order valence-corrected chi connectivity index (χ0v) is 18.9. The van der Waals surface area contributed by atoms with Crippen molar-refractivity contribution in [3.8, 4) is 17.2 Å². The van der Waals surface area contributed by atoms with E-state index in [1.807, 2.05) is 24.3 Å². The van der Waals surface area contributed by atoms with E-state index in [1.54, 1.807) is 18.2 Å². The highest BCUT2D eigenvalue weighted by molar-refractivity contribution is 6.10. The van der Waals surface area contributed by atoms with Gasteiger partial charge in [-0.25, -0.2) is 0 Å². The van der Waals surface area contributed by atoms with E-state index in [0.717, 1.165) is 43.6 Å². The van der Waals surface area contributed by atoms with E-state index in [9.17, 15) is 9.90 Å². The Morgan fingerprint density at radius 3 is 2.13 bits per heavy atom. The van der Waals surface area contributed by atoms with Gasteiger partial charge in [0.25, 0.3) is 0 Å². The molecule has 0 fully saturated rings. The van der Waals surface area contributed by atoms with Crippen LogP contribution in [0.5, 0.6) is 17.2 Å². The first-order chi connectivity index (χ1) is 15.2. The van der Waals surface area contributed by atoms with Gasteiger partial charge in [-0.2, -0.15) is 0 Å². The van der Waals surface area contributed by atoms with Crippen LogP contribution in [0, 0.1) is 0 Å². The number of rotatable bonds is 15. The van der Waals surface area contributed by atoms with Crippen molar-refractivity contribution >= 4 is 11.9 Å². The van der Waals surface area contributed by atoms with Crippen molar-refractivity contribution < 1.29 is 19.4 Å². The second-order valence-corrected chi connectivity index (χ2v) is 7.74. The van der Waals surface area contributed by atoms with E-state index in [-0.39, 0.29) is 17.1 Å². The van der Waals surface area contributed by atoms with Gasteiger partial charge in [0, 0.05) is 0 Å². The lowest BCUT2D eigenvalue weighted by molar-refractivity contribution is 0.104. The predicted molar refractivity (Wildman–Crippen MR) is 127 cm³/mol. The van der Waals surface area contributed by atoms with Gasteiger partial charge in [-0.15, -0.1) is 0 Å². The first-order valence-corrected chi connectivity index (χ1v) is 11.6. The molecule has 0 radical (unpaired) electrons. The molecule has 0 amide bonds. The summed E-state index contributed by atoms with van der Waals surface area (Å²) in [6.07, 6.45) is 12.3. The van der Waals surface area contributed by atoms with Crippen molar-refractivity contribution in [1.29, 1.82) is 0 Å². The zero-order chi connectivity index (χ0) is 22.3. The molecule has 4 nitrogen and oxygen atoms in total. The number of ketones is 1. The Morgan fingerprint density at radius 1 is 0.839 bits per heavy atom. The quantitative estimate of drug-likeness (QED) is 0.186. The Hall–Kier alpha value is -2.75. The third kappa shape index (κ3) is 8.87. The maximum atomic E-state index is 12.7. The molecule has 0 heterocycles. The zero-order valence-electron chi connectivity index (χ0n) is 18.9.